The van der Waals surface area contributed by atoms with Crippen molar-refractivity contribution in [3.05, 3.63) is 77.2 Å². The van der Waals surface area contributed by atoms with E-state index in [1.807, 2.05) is 24.3 Å². The maximum atomic E-state index is 12.6. The number of carbonyl (C=O) groups is 2. The summed E-state index contributed by atoms with van der Waals surface area (Å²) in [4.78, 5) is 26.9. The molecule has 1 saturated heterocycles. The van der Waals surface area contributed by atoms with Crippen LogP contribution in [-0.2, 0) is 11.3 Å². The van der Waals surface area contributed by atoms with Crippen molar-refractivity contribution in [1.82, 2.24) is 5.32 Å². The third kappa shape index (κ3) is 4.74. The maximum absolute atomic E-state index is 12.6. The first-order valence-corrected chi connectivity index (χ1v) is 10.8. The van der Waals surface area contributed by atoms with E-state index < -0.39 is 0 Å². The largest absolute Gasteiger partial charge is 0.371 e. The van der Waals surface area contributed by atoms with E-state index in [0.717, 1.165) is 43.5 Å². The van der Waals surface area contributed by atoms with Crippen molar-refractivity contribution < 1.29 is 9.59 Å². The summed E-state index contributed by atoms with van der Waals surface area (Å²) in [6, 6.07) is 20.2. The molecule has 1 aromatic heterocycles. The van der Waals surface area contributed by atoms with Gasteiger partial charge >= 0.3 is 0 Å². The zero-order valence-corrected chi connectivity index (χ0v) is 17.0. The Labute approximate surface area is 175 Å². The summed E-state index contributed by atoms with van der Waals surface area (Å²) in [6.07, 6.45) is 2.55. The highest BCUT2D eigenvalue weighted by atomic mass is 32.1. The van der Waals surface area contributed by atoms with Gasteiger partial charge in [0.25, 0.3) is 0 Å². The summed E-state index contributed by atoms with van der Waals surface area (Å²) in [5.74, 6) is 0.203. The Morgan fingerprint density at radius 2 is 1.76 bits per heavy atom. The van der Waals surface area contributed by atoms with Gasteiger partial charge in [-0.25, -0.2) is 0 Å². The Balaban J connectivity index is 1.26. The molecule has 0 unspecified atom stereocenters. The molecule has 5 heteroatoms. The van der Waals surface area contributed by atoms with Gasteiger partial charge in [0, 0.05) is 41.7 Å². The second-order valence-electron chi connectivity index (χ2n) is 7.36. The van der Waals surface area contributed by atoms with Gasteiger partial charge in [0.05, 0.1) is 0 Å². The highest BCUT2D eigenvalue weighted by molar-refractivity contribution is 7.13. The Kier molecular flexibility index (Phi) is 6.06. The van der Waals surface area contributed by atoms with Crippen LogP contribution in [0.25, 0.3) is 10.4 Å². The van der Waals surface area contributed by atoms with Crippen LogP contribution in [0.5, 0.6) is 0 Å². The average Bonchev–Trinajstić information content (AvgIpc) is 3.33. The van der Waals surface area contributed by atoms with Gasteiger partial charge in [0.15, 0.2) is 0 Å². The van der Waals surface area contributed by atoms with Gasteiger partial charge in [0.2, 0.25) is 5.91 Å². The topological polar surface area (TPSA) is 49.4 Å². The summed E-state index contributed by atoms with van der Waals surface area (Å²) in [6.45, 7) is 2.28. The number of nitrogens with one attached hydrogen (secondary N) is 1. The Morgan fingerprint density at radius 1 is 1.03 bits per heavy atom. The average molecular weight is 405 g/mol. The van der Waals surface area contributed by atoms with Crippen molar-refractivity contribution in [3.8, 4) is 10.4 Å². The highest BCUT2D eigenvalue weighted by Gasteiger charge is 2.24. The van der Waals surface area contributed by atoms with E-state index in [-0.39, 0.29) is 11.8 Å². The molecule has 1 aliphatic rings. The van der Waals surface area contributed by atoms with E-state index >= 15 is 0 Å². The molecule has 0 bridgehead atoms. The van der Waals surface area contributed by atoms with Gasteiger partial charge in [0.1, 0.15) is 6.29 Å². The van der Waals surface area contributed by atoms with Crippen molar-refractivity contribution >= 4 is 29.2 Å². The van der Waals surface area contributed by atoms with E-state index in [4.69, 9.17) is 0 Å². The lowest BCUT2D eigenvalue weighted by molar-refractivity contribution is -0.125. The Bertz CT molecular complexity index is 942. The molecule has 0 atom stereocenters. The Morgan fingerprint density at radius 3 is 2.38 bits per heavy atom. The molecular formula is C24H24N2O2S. The lowest BCUT2D eigenvalue weighted by Gasteiger charge is -2.33. The molecule has 2 aromatic carbocycles. The number of aldehydes is 1. The number of amides is 1. The zero-order valence-electron chi connectivity index (χ0n) is 16.2. The smallest absolute Gasteiger partial charge is 0.223 e. The third-order valence-corrected chi connectivity index (χ3v) is 6.41. The molecule has 0 aliphatic carbocycles. The van der Waals surface area contributed by atoms with Gasteiger partial charge in [-0.15, -0.1) is 11.3 Å². The fraction of sp³-hybridized carbons (Fsp3) is 0.250. The lowest BCUT2D eigenvalue weighted by Crippen LogP contribution is -2.40. The molecule has 0 saturated carbocycles. The molecule has 1 N–H and O–H groups in total. The SMILES string of the molecule is O=Cc1ccc(N2CCC(C(=O)NCc3ccc(-c4cccs4)cc3)CC2)cc1. The summed E-state index contributed by atoms with van der Waals surface area (Å²) < 4.78 is 0. The molecule has 4 rings (SSSR count). The number of thiophene rings is 1. The van der Waals surface area contributed by atoms with Crippen LogP contribution in [-0.4, -0.2) is 25.3 Å². The van der Waals surface area contributed by atoms with Crippen LogP contribution in [0.1, 0.15) is 28.8 Å². The van der Waals surface area contributed by atoms with Gasteiger partial charge in [-0.3, -0.25) is 9.59 Å². The molecule has 0 spiro atoms. The Hall–Kier alpha value is -2.92. The predicted octanol–water partition coefficient (Wildman–Crippen LogP) is 4.76. The number of anilines is 1. The van der Waals surface area contributed by atoms with Crippen LogP contribution in [0.3, 0.4) is 0 Å². The normalized spacial score (nSPS) is 14.6. The summed E-state index contributed by atoms with van der Waals surface area (Å²) in [7, 11) is 0. The van der Waals surface area contributed by atoms with Crippen LogP contribution >= 0.6 is 11.3 Å². The molecule has 0 radical (unpaired) electrons. The minimum Gasteiger partial charge on any atom is -0.371 e. The van der Waals surface area contributed by atoms with E-state index in [2.05, 4.69) is 52.0 Å². The van der Waals surface area contributed by atoms with Crippen molar-refractivity contribution in [2.24, 2.45) is 5.92 Å². The number of hydrogen-bond donors (Lipinski definition) is 1. The van der Waals surface area contributed by atoms with Gasteiger partial charge in [-0.05, 0) is 59.7 Å². The van der Waals surface area contributed by atoms with Crippen LogP contribution in [0.2, 0.25) is 0 Å². The second-order valence-corrected chi connectivity index (χ2v) is 8.31. The van der Waals surface area contributed by atoms with Crippen LogP contribution in [0.4, 0.5) is 5.69 Å². The summed E-state index contributed by atoms with van der Waals surface area (Å²) in [5, 5.41) is 5.18. The first kappa shape index (κ1) is 19.4. The van der Waals surface area contributed by atoms with Gasteiger partial charge in [-0.2, -0.15) is 0 Å². The van der Waals surface area contributed by atoms with Gasteiger partial charge < -0.3 is 10.2 Å². The van der Waals surface area contributed by atoms with Crippen LogP contribution < -0.4 is 10.2 Å². The van der Waals surface area contributed by atoms with E-state index in [9.17, 15) is 9.59 Å². The van der Waals surface area contributed by atoms with E-state index in [0.29, 0.717) is 12.1 Å². The number of rotatable bonds is 6. The number of carbonyl (C=O) groups excluding carboxylic acids is 2. The second kappa shape index (κ2) is 9.05. The molecule has 1 amide bonds. The number of piperidine rings is 1. The minimum absolute atomic E-state index is 0.0610. The van der Waals surface area contributed by atoms with Crippen LogP contribution in [0, 0.1) is 5.92 Å². The number of nitrogens with zero attached hydrogens (tertiary/aromatic N) is 1. The third-order valence-electron chi connectivity index (χ3n) is 5.49. The highest BCUT2D eigenvalue weighted by Crippen LogP contribution is 2.25. The molecule has 3 aromatic rings. The number of hydrogen-bond acceptors (Lipinski definition) is 4. The monoisotopic (exact) mass is 404 g/mol. The summed E-state index contributed by atoms with van der Waals surface area (Å²) in [5.41, 5.74) is 4.13. The molecule has 1 aliphatic heterocycles. The number of benzene rings is 2. The molecule has 2 heterocycles. The predicted molar refractivity (Wildman–Crippen MR) is 118 cm³/mol. The molecule has 29 heavy (non-hydrogen) atoms. The fourth-order valence-corrected chi connectivity index (χ4v) is 4.46. The molecule has 4 nitrogen and oxygen atoms in total. The first-order valence-electron chi connectivity index (χ1n) is 9.93. The maximum Gasteiger partial charge on any atom is 0.223 e. The fourth-order valence-electron chi connectivity index (χ4n) is 3.73. The zero-order chi connectivity index (χ0) is 20.1. The first-order chi connectivity index (χ1) is 14.2. The standard InChI is InChI=1S/C24H24N2O2S/c27-17-19-5-9-22(10-6-19)26-13-11-21(12-14-26)24(28)25-16-18-3-7-20(8-4-18)23-2-1-15-29-23/h1-10,15,17,21H,11-14,16H2,(H,25,28). The molecule has 1 fully saturated rings. The van der Waals surface area contributed by atoms with Crippen molar-refractivity contribution in [1.29, 1.82) is 0 Å². The molecule has 148 valence electrons. The van der Waals surface area contributed by atoms with Gasteiger partial charge in [-0.1, -0.05) is 30.3 Å². The van der Waals surface area contributed by atoms with Crippen molar-refractivity contribution in [2.75, 3.05) is 18.0 Å². The van der Waals surface area contributed by atoms with E-state index in [1.54, 1.807) is 11.3 Å². The molecular weight excluding hydrogens is 380 g/mol. The van der Waals surface area contributed by atoms with E-state index in [1.165, 1.54) is 10.4 Å². The minimum atomic E-state index is 0.0610. The van der Waals surface area contributed by atoms with Crippen molar-refractivity contribution in [2.45, 2.75) is 19.4 Å². The van der Waals surface area contributed by atoms with Crippen LogP contribution in [0.15, 0.2) is 66.0 Å². The lowest BCUT2D eigenvalue weighted by atomic mass is 9.95. The van der Waals surface area contributed by atoms with Crippen molar-refractivity contribution in [3.63, 3.8) is 0 Å². The summed E-state index contributed by atoms with van der Waals surface area (Å²) >= 11 is 1.73. The quantitative estimate of drug-likeness (QED) is 0.603.